The van der Waals surface area contributed by atoms with Crippen LogP contribution in [0.1, 0.15) is 43.7 Å². The summed E-state index contributed by atoms with van der Waals surface area (Å²) in [6.07, 6.45) is 0. The van der Waals surface area contributed by atoms with E-state index in [0.29, 0.717) is 16.8 Å². The van der Waals surface area contributed by atoms with Gasteiger partial charge in [-0.3, -0.25) is 4.79 Å². The van der Waals surface area contributed by atoms with Crippen LogP contribution >= 0.6 is 0 Å². The van der Waals surface area contributed by atoms with Gasteiger partial charge in [0, 0.05) is 18.5 Å². The largest absolute Gasteiger partial charge is 0.348 e. The number of H-pyrrole nitrogens is 1. The van der Waals surface area contributed by atoms with E-state index < -0.39 is 0 Å². The molecule has 1 aliphatic heterocycles. The van der Waals surface area contributed by atoms with Gasteiger partial charge in [-0.15, -0.1) is 0 Å². The van der Waals surface area contributed by atoms with E-state index in [0.717, 1.165) is 18.5 Å². The molecule has 0 radical (unpaired) electrons. The fourth-order valence-electron chi connectivity index (χ4n) is 2.68. The number of nitrogens with zero attached hydrogens (tertiary/aromatic N) is 1. The van der Waals surface area contributed by atoms with E-state index in [-0.39, 0.29) is 17.1 Å². The fraction of sp³-hybridized carbons (Fsp3) is 0.471. The molecule has 0 atom stereocenters. The van der Waals surface area contributed by atoms with Gasteiger partial charge in [0.05, 0.1) is 5.52 Å². The molecule has 0 spiro atoms. The van der Waals surface area contributed by atoms with Gasteiger partial charge in [-0.1, -0.05) is 39.8 Å². The number of halogens is 1. The third-order valence-electron chi connectivity index (χ3n) is 3.68. The number of hydrogen-bond acceptors (Lipinski definition) is 1. The normalized spacial score (nSPS) is 16.2. The number of carbonyl (C=O) groups excluding carboxylic acids is 1. The van der Waals surface area contributed by atoms with Gasteiger partial charge in [-0.05, 0) is 24.0 Å². The van der Waals surface area contributed by atoms with Crippen molar-refractivity contribution >= 4 is 16.8 Å². The first kappa shape index (κ1) is 15.5. The Bertz CT molecular complexity index is 665. The molecular formula is C17H23FN2O. The van der Waals surface area contributed by atoms with Crippen LogP contribution in [0.25, 0.3) is 10.9 Å². The minimum Gasteiger partial charge on any atom is -0.348 e. The van der Waals surface area contributed by atoms with Gasteiger partial charge < -0.3 is 9.88 Å². The quantitative estimate of drug-likeness (QED) is 0.842. The van der Waals surface area contributed by atoms with Crippen molar-refractivity contribution < 1.29 is 9.18 Å². The average Bonchev–Trinajstić information content (AvgIpc) is 2.86. The SMILES string of the molecule is CC.Cc1ccc2cc(C(=O)N3CC(C)(C)C3)[nH]c2c1F. The molecule has 1 N–H and O–H groups in total. The highest BCUT2D eigenvalue weighted by molar-refractivity contribution is 5.98. The molecule has 1 fully saturated rings. The van der Waals surface area contributed by atoms with E-state index >= 15 is 0 Å². The number of nitrogens with one attached hydrogen (secondary N) is 1. The first-order valence-electron chi connectivity index (χ1n) is 7.44. The molecule has 0 aliphatic carbocycles. The Hall–Kier alpha value is -1.84. The summed E-state index contributed by atoms with van der Waals surface area (Å²) >= 11 is 0. The summed E-state index contributed by atoms with van der Waals surface area (Å²) < 4.78 is 13.9. The molecule has 2 heterocycles. The molecule has 114 valence electrons. The van der Waals surface area contributed by atoms with Crippen LogP contribution in [0.4, 0.5) is 4.39 Å². The van der Waals surface area contributed by atoms with Gasteiger partial charge >= 0.3 is 0 Å². The maximum atomic E-state index is 13.9. The van der Waals surface area contributed by atoms with Crippen molar-refractivity contribution in [3.63, 3.8) is 0 Å². The molecule has 1 amide bonds. The van der Waals surface area contributed by atoms with Crippen molar-refractivity contribution in [2.45, 2.75) is 34.6 Å². The van der Waals surface area contributed by atoms with E-state index in [1.54, 1.807) is 24.0 Å². The third kappa shape index (κ3) is 2.80. The van der Waals surface area contributed by atoms with Crippen LogP contribution in [0, 0.1) is 18.2 Å². The van der Waals surface area contributed by atoms with E-state index in [4.69, 9.17) is 0 Å². The summed E-state index contributed by atoms with van der Waals surface area (Å²) in [6, 6.07) is 5.29. The van der Waals surface area contributed by atoms with Crippen molar-refractivity contribution in [1.82, 2.24) is 9.88 Å². The van der Waals surface area contributed by atoms with Crippen molar-refractivity contribution in [2.24, 2.45) is 5.41 Å². The summed E-state index contributed by atoms with van der Waals surface area (Å²) in [5.41, 5.74) is 1.67. The molecule has 3 rings (SSSR count). The molecule has 3 nitrogen and oxygen atoms in total. The zero-order valence-electron chi connectivity index (χ0n) is 13.4. The zero-order valence-corrected chi connectivity index (χ0v) is 13.4. The zero-order chi connectivity index (χ0) is 15.8. The number of rotatable bonds is 1. The molecule has 1 saturated heterocycles. The summed E-state index contributed by atoms with van der Waals surface area (Å²) in [5.74, 6) is -0.326. The van der Waals surface area contributed by atoms with Crippen LogP contribution in [-0.2, 0) is 0 Å². The lowest BCUT2D eigenvalue weighted by atomic mass is 9.84. The smallest absolute Gasteiger partial charge is 0.270 e. The van der Waals surface area contributed by atoms with E-state index in [9.17, 15) is 9.18 Å². The lowest BCUT2D eigenvalue weighted by Gasteiger charge is -2.45. The number of amides is 1. The Labute approximate surface area is 125 Å². The monoisotopic (exact) mass is 290 g/mol. The van der Waals surface area contributed by atoms with Gasteiger partial charge in [0.2, 0.25) is 0 Å². The number of fused-ring (bicyclic) bond motifs is 1. The lowest BCUT2D eigenvalue weighted by Crippen LogP contribution is -2.55. The lowest BCUT2D eigenvalue weighted by molar-refractivity contribution is 0.0232. The Morgan fingerprint density at radius 3 is 2.48 bits per heavy atom. The van der Waals surface area contributed by atoms with Gasteiger partial charge in [0.15, 0.2) is 0 Å². The molecular weight excluding hydrogens is 267 g/mol. The van der Waals surface area contributed by atoms with Crippen LogP contribution in [-0.4, -0.2) is 28.9 Å². The van der Waals surface area contributed by atoms with Gasteiger partial charge in [0.1, 0.15) is 11.5 Å². The van der Waals surface area contributed by atoms with Crippen LogP contribution in [0.3, 0.4) is 0 Å². The van der Waals surface area contributed by atoms with Crippen LogP contribution in [0.15, 0.2) is 18.2 Å². The predicted octanol–water partition coefficient (Wildman–Crippen LogP) is 4.12. The second-order valence-electron chi connectivity index (χ2n) is 6.17. The van der Waals surface area contributed by atoms with E-state index in [1.807, 2.05) is 19.9 Å². The Morgan fingerprint density at radius 1 is 1.29 bits per heavy atom. The van der Waals surface area contributed by atoms with Gasteiger partial charge in [-0.25, -0.2) is 4.39 Å². The minimum atomic E-state index is -0.277. The molecule has 1 aliphatic rings. The highest BCUT2D eigenvalue weighted by Crippen LogP contribution is 2.30. The molecule has 21 heavy (non-hydrogen) atoms. The molecule has 1 aromatic heterocycles. The molecule has 2 aromatic rings. The highest BCUT2D eigenvalue weighted by Gasteiger charge is 2.37. The van der Waals surface area contributed by atoms with E-state index in [1.165, 1.54) is 0 Å². The van der Waals surface area contributed by atoms with Crippen LogP contribution < -0.4 is 0 Å². The highest BCUT2D eigenvalue weighted by atomic mass is 19.1. The molecule has 0 unspecified atom stereocenters. The first-order valence-corrected chi connectivity index (χ1v) is 7.44. The van der Waals surface area contributed by atoms with Crippen molar-refractivity contribution in [2.75, 3.05) is 13.1 Å². The summed E-state index contributed by atoms with van der Waals surface area (Å²) in [4.78, 5) is 17.0. The van der Waals surface area contributed by atoms with Crippen molar-refractivity contribution in [3.05, 3.63) is 35.3 Å². The topological polar surface area (TPSA) is 36.1 Å². The van der Waals surface area contributed by atoms with Crippen molar-refractivity contribution in [3.8, 4) is 0 Å². The van der Waals surface area contributed by atoms with E-state index in [2.05, 4.69) is 18.8 Å². The number of benzene rings is 1. The maximum absolute atomic E-state index is 13.9. The summed E-state index contributed by atoms with van der Waals surface area (Å²) in [7, 11) is 0. The molecule has 0 saturated carbocycles. The standard InChI is InChI=1S/C15H17FN2O.C2H6/c1-9-4-5-10-6-11(17-13(10)12(9)16)14(19)18-7-15(2,3)8-18;1-2/h4-6,17H,7-8H2,1-3H3;1-2H3. The Morgan fingerprint density at radius 2 is 1.90 bits per heavy atom. The number of aryl methyl sites for hydroxylation is 1. The number of hydrogen-bond donors (Lipinski definition) is 1. The van der Waals surface area contributed by atoms with Crippen molar-refractivity contribution in [1.29, 1.82) is 0 Å². The van der Waals surface area contributed by atoms with Gasteiger partial charge in [0.25, 0.3) is 5.91 Å². The van der Waals surface area contributed by atoms with Crippen LogP contribution in [0.2, 0.25) is 0 Å². The number of likely N-dealkylation sites (tertiary alicyclic amines) is 1. The Balaban J connectivity index is 0.000000774. The molecule has 1 aromatic carbocycles. The maximum Gasteiger partial charge on any atom is 0.270 e. The van der Waals surface area contributed by atoms with Crippen LogP contribution in [0.5, 0.6) is 0 Å². The average molecular weight is 290 g/mol. The fourth-order valence-corrected chi connectivity index (χ4v) is 2.68. The first-order chi connectivity index (χ1) is 9.87. The predicted molar refractivity (Wildman–Crippen MR) is 84.0 cm³/mol. The second kappa shape index (κ2) is 5.51. The summed E-state index contributed by atoms with van der Waals surface area (Å²) in [6.45, 7) is 11.5. The van der Waals surface area contributed by atoms with Gasteiger partial charge in [-0.2, -0.15) is 0 Å². The summed E-state index contributed by atoms with van der Waals surface area (Å²) in [5, 5.41) is 0.742. The number of aromatic amines is 1. The molecule has 0 bridgehead atoms. The Kier molecular flexibility index (Phi) is 4.08. The second-order valence-corrected chi connectivity index (χ2v) is 6.17. The molecule has 4 heteroatoms. The third-order valence-corrected chi connectivity index (χ3v) is 3.68. The minimum absolute atomic E-state index is 0.0485. The number of aromatic nitrogens is 1. The number of carbonyl (C=O) groups is 1.